The van der Waals surface area contributed by atoms with Gasteiger partial charge in [0.1, 0.15) is 11.6 Å². The van der Waals surface area contributed by atoms with Gasteiger partial charge in [-0.05, 0) is 30.3 Å². The molecule has 106 valence electrons. The number of sulfonamides is 1. The molecule has 0 saturated carbocycles. The standard InChI is InChI=1S/C12H10F2N2O2S2/c13-7-1-4-11(9(14)5-7)19-12-6-8(20(16,17)18)2-3-10(12)15/h1-6H,15H2,(H2,16,17,18). The minimum atomic E-state index is -3.87. The maximum atomic E-state index is 13.6. The van der Waals surface area contributed by atoms with E-state index in [0.717, 1.165) is 23.9 Å². The second kappa shape index (κ2) is 5.39. The predicted molar refractivity (Wildman–Crippen MR) is 72.7 cm³/mol. The van der Waals surface area contributed by atoms with Crippen LogP contribution in [0.5, 0.6) is 0 Å². The molecule has 0 heterocycles. The van der Waals surface area contributed by atoms with Gasteiger partial charge in [-0.25, -0.2) is 22.3 Å². The lowest BCUT2D eigenvalue weighted by Crippen LogP contribution is -2.12. The SMILES string of the molecule is Nc1ccc(S(N)(=O)=O)cc1Sc1ccc(F)cc1F. The van der Waals surface area contributed by atoms with E-state index in [4.69, 9.17) is 10.9 Å². The fourth-order valence-electron chi connectivity index (χ4n) is 1.46. The Kier molecular flexibility index (Phi) is 3.98. The minimum Gasteiger partial charge on any atom is -0.398 e. The van der Waals surface area contributed by atoms with Crippen LogP contribution in [0.2, 0.25) is 0 Å². The molecule has 2 aromatic rings. The van der Waals surface area contributed by atoms with Crippen molar-refractivity contribution in [3.05, 3.63) is 48.0 Å². The topological polar surface area (TPSA) is 86.2 Å². The van der Waals surface area contributed by atoms with Crippen molar-refractivity contribution in [2.24, 2.45) is 5.14 Å². The van der Waals surface area contributed by atoms with Gasteiger partial charge in [0.25, 0.3) is 0 Å². The Morgan fingerprint density at radius 2 is 1.70 bits per heavy atom. The van der Waals surface area contributed by atoms with Gasteiger partial charge in [0.05, 0.1) is 4.90 Å². The lowest BCUT2D eigenvalue weighted by molar-refractivity contribution is 0.565. The van der Waals surface area contributed by atoms with Crippen LogP contribution in [0.4, 0.5) is 14.5 Å². The molecule has 0 bridgehead atoms. The zero-order chi connectivity index (χ0) is 14.9. The van der Waals surface area contributed by atoms with Crippen molar-refractivity contribution < 1.29 is 17.2 Å². The molecule has 0 aromatic heterocycles. The number of nitrogens with two attached hydrogens (primary N) is 2. The maximum Gasteiger partial charge on any atom is 0.238 e. The molecule has 0 aliphatic heterocycles. The van der Waals surface area contributed by atoms with Gasteiger partial charge < -0.3 is 5.73 Å². The molecule has 0 aliphatic rings. The van der Waals surface area contributed by atoms with E-state index in [1.165, 1.54) is 24.3 Å². The van der Waals surface area contributed by atoms with Gasteiger partial charge in [-0.3, -0.25) is 0 Å². The van der Waals surface area contributed by atoms with Crippen molar-refractivity contribution in [3.63, 3.8) is 0 Å². The third-order valence-electron chi connectivity index (χ3n) is 2.43. The first-order chi connectivity index (χ1) is 9.27. The number of halogens is 2. The molecule has 0 atom stereocenters. The minimum absolute atomic E-state index is 0.128. The summed E-state index contributed by atoms with van der Waals surface area (Å²) in [5.41, 5.74) is 5.98. The number of rotatable bonds is 3. The number of primary sulfonamides is 1. The van der Waals surface area contributed by atoms with Gasteiger partial charge in [-0.15, -0.1) is 0 Å². The summed E-state index contributed by atoms with van der Waals surface area (Å²) in [5.74, 6) is -1.45. The Balaban J connectivity index is 2.43. The molecule has 8 heteroatoms. The van der Waals surface area contributed by atoms with E-state index in [0.29, 0.717) is 4.90 Å². The molecule has 0 aliphatic carbocycles. The van der Waals surface area contributed by atoms with E-state index >= 15 is 0 Å². The summed E-state index contributed by atoms with van der Waals surface area (Å²) in [6.07, 6.45) is 0. The molecule has 4 nitrogen and oxygen atoms in total. The second-order valence-corrected chi connectivity index (χ2v) is 6.57. The molecule has 0 spiro atoms. The molecule has 0 unspecified atom stereocenters. The van der Waals surface area contributed by atoms with E-state index in [-0.39, 0.29) is 15.5 Å². The first kappa shape index (κ1) is 14.8. The number of benzene rings is 2. The van der Waals surface area contributed by atoms with Crippen LogP contribution >= 0.6 is 11.8 Å². The first-order valence-corrected chi connectivity index (χ1v) is 7.69. The van der Waals surface area contributed by atoms with Crippen molar-refractivity contribution in [2.75, 3.05) is 5.73 Å². The van der Waals surface area contributed by atoms with Crippen molar-refractivity contribution in [1.29, 1.82) is 0 Å². The Bertz CT molecular complexity index is 764. The molecule has 0 saturated heterocycles. The molecule has 0 amide bonds. The Labute approximate surface area is 118 Å². The van der Waals surface area contributed by atoms with Crippen LogP contribution in [-0.2, 0) is 10.0 Å². The average Bonchev–Trinajstić information content (AvgIpc) is 2.33. The molecular formula is C12H10F2N2O2S2. The van der Waals surface area contributed by atoms with E-state index in [1.54, 1.807) is 0 Å². The lowest BCUT2D eigenvalue weighted by Gasteiger charge is -2.08. The molecular weight excluding hydrogens is 306 g/mol. The third kappa shape index (κ3) is 3.27. The number of nitrogen functional groups attached to an aromatic ring is 1. The van der Waals surface area contributed by atoms with Crippen LogP contribution < -0.4 is 10.9 Å². The van der Waals surface area contributed by atoms with Crippen molar-refractivity contribution in [3.8, 4) is 0 Å². The molecule has 2 rings (SSSR count). The average molecular weight is 316 g/mol. The molecule has 2 aromatic carbocycles. The second-order valence-electron chi connectivity index (χ2n) is 3.92. The van der Waals surface area contributed by atoms with Gasteiger partial charge >= 0.3 is 0 Å². The highest BCUT2D eigenvalue weighted by atomic mass is 32.2. The summed E-state index contributed by atoms with van der Waals surface area (Å²) in [4.78, 5) is 0.323. The largest absolute Gasteiger partial charge is 0.398 e. The predicted octanol–water partition coefficient (Wildman–Crippen LogP) is 2.35. The zero-order valence-corrected chi connectivity index (χ0v) is 11.6. The van der Waals surface area contributed by atoms with Crippen molar-refractivity contribution in [2.45, 2.75) is 14.7 Å². The van der Waals surface area contributed by atoms with Crippen LogP contribution in [0.15, 0.2) is 51.1 Å². The van der Waals surface area contributed by atoms with Gasteiger partial charge in [0, 0.05) is 21.5 Å². The van der Waals surface area contributed by atoms with Crippen LogP contribution in [0, 0.1) is 11.6 Å². The summed E-state index contributed by atoms with van der Waals surface area (Å²) in [6.45, 7) is 0. The van der Waals surface area contributed by atoms with Gasteiger partial charge in [-0.2, -0.15) is 0 Å². The summed E-state index contributed by atoms with van der Waals surface area (Å²) in [5, 5.41) is 5.02. The Morgan fingerprint density at radius 3 is 2.30 bits per heavy atom. The summed E-state index contributed by atoms with van der Waals surface area (Å²) in [7, 11) is -3.87. The monoisotopic (exact) mass is 316 g/mol. The zero-order valence-electron chi connectivity index (χ0n) is 10.0. The van der Waals surface area contributed by atoms with E-state index in [1.807, 2.05) is 0 Å². The fourth-order valence-corrected chi connectivity index (χ4v) is 2.97. The van der Waals surface area contributed by atoms with Crippen LogP contribution in [0.1, 0.15) is 0 Å². The highest BCUT2D eigenvalue weighted by molar-refractivity contribution is 7.99. The van der Waals surface area contributed by atoms with Gasteiger partial charge in [-0.1, -0.05) is 11.8 Å². The Hall–Kier alpha value is -1.64. The fraction of sp³-hybridized carbons (Fsp3) is 0. The maximum absolute atomic E-state index is 13.6. The smallest absolute Gasteiger partial charge is 0.238 e. The van der Waals surface area contributed by atoms with Crippen LogP contribution in [0.3, 0.4) is 0 Å². The normalized spacial score (nSPS) is 11.6. The van der Waals surface area contributed by atoms with Gasteiger partial charge in [0.2, 0.25) is 10.0 Å². The highest BCUT2D eigenvalue weighted by Gasteiger charge is 2.13. The third-order valence-corrected chi connectivity index (χ3v) is 4.46. The molecule has 20 heavy (non-hydrogen) atoms. The number of hydrogen-bond acceptors (Lipinski definition) is 4. The molecule has 4 N–H and O–H groups in total. The van der Waals surface area contributed by atoms with Crippen molar-refractivity contribution in [1.82, 2.24) is 0 Å². The van der Waals surface area contributed by atoms with Crippen molar-refractivity contribution >= 4 is 27.5 Å². The number of hydrogen-bond donors (Lipinski definition) is 2. The van der Waals surface area contributed by atoms with Gasteiger partial charge in [0.15, 0.2) is 0 Å². The number of anilines is 1. The highest BCUT2D eigenvalue weighted by Crippen LogP contribution is 2.35. The van der Waals surface area contributed by atoms with E-state index in [9.17, 15) is 17.2 Å². The van der Waals surface area contributed by atoms with E-state index in [2.05, 4.69) is 0 Å². The summed E-state index contributed by atoms with van der Waals surface area (Å²) >= 11 is 0.893. The lowest BCUT2D eigenvalue weighted by atomic mass is 10.3. The summed E-state index contributed by atoms with van der Waals surface area (Å²) < 4.78 is 48.9. The quantitative estimate of drug-likeness (QED) is 0.851. The van der Waals surface area contributed by atoms with Crippen LogP contribution in [-0.4, -0.2) is 8.42 Å². The molecule has 0 radical (unpaired) electrons. The van der Waals surface area contributed by atoms with E-state index < -0.39 is 21.7 Å². The Morgan fingerprint density at radius 1 is 1.00 bits per heavy atom. The van der Waals surface area contributed by atoms with Crippen LogP contribution in [0.25, 0.3) is 0 Å². The first-order valence-electron chi connectivity index (χ1n) is 5.32. The summed E-state index contributed by atoms with van der Waals surface area (Å²) in [6, 6.07) is 6.96. The molecule has 0 fully saturated rings.